The molecule has 0 aliphatic heterocycles. The summed E-state index contributed by atoms with van der Waals surface area (Å²) >= 11 is 0. The van der Waals surface area contributed by atoms with E-state index in [1.165, 1.54) is 5.56 Å². The highest BCUT2D eigenvalue weighted by Crippen LogP contribution is 2.09. The number of nitrogens with one attached hydrogen (secondary N) is 1. The minimum atomic E-state index is 0. The van der Waals surface area contributed by atoms with Crippen LogP contribution >= 0.6 is 24.0 Å². The monoisotopic (exact) mass is 432 g/mol. The Kier molecular flexibility index (Phi) is 13.1. The fourth-order valence-electron chi connectivity index (χ4n) is 2.59. The first-order valence-corrected chi connectivity index (χ1v) is 8.52. The summed E-state index contributed by atoms with van der Waals surface area (Å²) < 4.78 is 0. The topological polar surface area (TPSA) is 53.6 Å². The lowest BCUT2D eigenvalue weighted by Crippen LogP contribution is -2.40. The number of aliphatic imine (C=N–C) groups is 1. The van der Waals surface area contributed by atoms with E-state index in [0.29, 0.717) is 12.0 Å². The summed E-state index contributed by atoms with van der Waals surface area (Å²) in [4.78, 5) is 7.01. The number of halogens is 1. The molecule has 5 heteroatoms. The van der Waals surface area contributed by atoms with Crippen LogP contribution in [-0.4, -0.2) is 43.1 Å². The van der Waals surface area contributed by atoms with Crippen LogP contribution in [-0.2, 0) is 6.42 Å². The van der Waals surface area contributed by atoms with Crippen molar-refractivity contribution < 1.29 is 0 Å². The van der Waals surface area contributed by atoms with Crippen LogP contribution in [0, 0.1) is 0 Å². The number of rotatable bonds is 10. The molecule has 0 saturated heterocycles. The second kappa shape index (κ2) is 13.6. The first-order valence-electron chi connectivity index (χ1n) is 8.52. The zero-order valence-corrected chi connectivity index (χ0v) is 17.1. The molecule has 132 valence electrons. The summed E-state index contributed by atoms with van der Waals surface area (Å²) in [5.74, 6) is 0.568. The average Bonchev–Trinajstić information content (AvgIpc) is 2.54. The van der Waals surface area contributed by atoms with E-state index in [9.17, 15) is 0 Å². The fraction of sp³-hybridized carbons (Fsp3) is 0.611. The van der Waals surface area contributed by atoms with Crippen LogP contribution in [0.5, 0.6) is 0 Å². The Balaban J connectivity index is 0.00000484. The third-order valence-corrected chi connectivity index (χ3v) is 3.95. The molecule has 1 atom stereocenters. The predicted molar refractivity (Wildman–Crippen MR) is 112 cm³/mol. The predicted octanol–water partition coefficient (Wildman–Crippen LogP) is 3.26. The van der Waals surface area contributed by atoms with E-state index in [0.717, 1.165) is 45.4 Å². The SMILES string of the molecule is CCCCNC(N)=NCC(Cc1ccccc1)N(CC)CC.I. The van der Waals surface area contributed by atoms with Gasteiger partial charge in [-0.15, -0.1) is 24.0 Å². The van der Waals surface area contributed by atoms with Crippen LogP contribution in [0.15, 0.2) is 35.3 Å². The van der Waals surface area contributed by atoms with Crippen LogP contribution in [0.3, 0.4) is 0 Å². The van der Waals surface area contributed by atoms with Crippen LogP contribution in [0.25, 0.3) is 0 Å². The van der Waals surface area contributed by atoms with Gasteiger partial charge in [0.1, 0.15) is 0 Å². The molecule has 0 fully saturated rings. The van der Waals surface area contributed by atoms with Crippen LogP contribution in [0.2, 0.25) is 0 Å². The second-order valence-electron chi connectivity index (χ2n) is 5.57. The number of nitrogens with two attached hydrogens (primary N) is 1. The van der Waals surface area contributed by atoms with Gasteiger partial charge in [-0.1, -0.05) is 57.5 Å². The van der Waals surface area contributed by atoms with Gasteiger partial charge < -0.3 is 11.1 Å². The van der Waals surface area contributed by atoms with E-state index in [1.54, 1.807) is 0 Å². The largest absolute Gasteiger partial charge is 0.370 e. The van der Waals surface area contributed by atoms with E-state index in [2.05, 4.69) is 66.3 Å². The Morgan fingerprint density at radius 2 is 1.83 bits per heavy atom. The summed E-state index contributed by atoms with van der Waals surface area (Å²) in [6.07, 6.45) is 3.30. The fourth-order valence-corrected chi connectivity index (χ4v) is 2.59. The van der Waals surface area contributed by atoms with E-state index in [4.69, 9.17) is 5.73 Å². The quantitative estimate of drug-likeness (QED) is 0.258. The molecule has 1 aromatic carbocycles. The number of benzene rings is 1. The zero-order valence-electron chi connectivity index (χ0n) is 14.8. The maximum Gasteiger partial charge on any atom is 0.188 e. The summed E-state index contributed by atoms with van der Waals surface area (Å²) in [6.45, 7) is 10.3. The van der Waals surface area contributed by atoms with Crippen molar-refractivity contribution in [3.63, 3.8) is 0 Å². The molecule has 1 rings (SSSR count). The van der Waals surface area contributed by atoms with Crippen LogP contribution in [0.1, 0.15) is 39.2 Å². The maximum atomic E-state index is 5.96. The lowest BCUT2D eigenvalue weighted by atomic mass is 10.0. The first kappa shape index (κ1) is 22.2. The molecule has 4 nitrogen and oxygen atoms in total. The molecule has 0 heterocycles. The molecule has 0 bridgehead atoms. The molecule has 23 heavy (non-hydrogen) atoms. The molecule has 0 radical (unpaired) electrons. The molecular weight excluding hydrogens is 399 g/mol. The molecule has 1 aromatic rings. The van der Waals surface area contributed by atoms with Crippen molar-refractivity contribution >= 4 is 29.9 Å². The second-order valence-corrected chi connectivity index (χ2v) is 5.57. The Morgan fingerprint density at radius 3 is 2.39 bits per heavy atom. The minimum absolute atomic E-state index is 0. The molecule has 0 aliphatic rings. The third kappa shape index (κ3) is 9.15. The van der Waals surface area contributed by atoms with Crippen molar-refractivity contribution in [1.29, 1.82) is 0 Å². The van der Waals surface area contributed by atoms with Gasteiger partial charge in [0.25, 0.3) is 0 Å². The summed E-state index contributed by atoms with van der Waals surface area (Å²) in [5, 5.41) is 3.19. The lowest BCUT2D eigenvalue weighted by Gasteiger charge is -2.28. The third-order valence-electron chi connectivity index (χ3n) is 3.95. The van der Waals surface area contributed by atoms with E-state index in [1.807, 2.05) is 0 Å². The molecule has 0 amide bonds. The highest BCUT2D eigenvalue weighted by Gasteiger charge is 2.16. The van der Waals surface area contributed by atoms with Gasteiger partial charge in [0.2, 0.25) is 0 Å². The number of likely N-dealkylation sites (N-methyl/N-ethyl adjacent to an activating group) is 1. The van der Waals surface area contributed by atoms with Gasteiger partial charge in [0, 0.05) is 12.6 Å². The standard InChI is InChI=1S/C18H32N4.HI/c1-4-7-13-20-18(19)21-15-17(22(5-2)6-3)14-16-11-9-8-10-12-16;/h8-12,17H,4-7,13-15H2,1-3H3,(H3,19,20,21);1H. The molecule has 0 aromatic heterocycles. The van der Waals surface area contributed by atoms with Crippen LogP contribution in [0.4, 0.5) is 0 Å². The van der Waals surface area contributed by atoms with Gasteiger partial charge in [0.15, 0.2) is 5.96 Å². The van der Waals surface area contributed by atoms with E-state index < -0.39 is 0 Å². The van der Waals surface area contributed by atoms with E-state index in [-0.39, 0.29) is 24.0 Å². The number of hydrogen-bond donors (Lipinski definition) is 2. The Bertz CT molecular complexity index is 418. The number of hydrogen-bond acceptors (Lipinski definition) is 2. The van der Waals surface area contributed by atoms with Gasteiger partial charge in [-0.05, 0) is 31.5 Å². The first-order chi connectivity index (χ1) is 10.7. The van der Waals surface area contributed by atoms with Gasteiger partial charge in [-0.3, -0.25) is 9.89 Å². The van der Waals surface area contributed by atoms with Gasteiger partial charge >= 0.3 is 0 Å². The number of guanidine groups is 1. The summed E-state index contributed by atoms with van der Waals surface area (Å²) in [6, 6.07) is 11.0. The molecule has 3 N–H and O–H groups in total. The van der Waals surface area contributed by atoms with Gasteiger partial charge in [-0.2, -0.15) is 0 Å². The highest BCUT2D eigenvalue weighted by molar-refractivity contribution is 14.0. The molecule has 0 spiro atoms. The average molecular weight is 432 g/mol. The van der Waals surface area contributed by atoms with E-state index >= 15 is 0 Å². The van der Waals surface area contributed by atoms with Crippen LogP contribution < -0.4 is 11.1 Å². The molecule has 1 unspecified atom stereocenters. The van der Waals surface area contributed by atoms with Crippen molar-refractivity contribution in [2.75, 3.05) is 26.2 Å². The van der Waals surface area contributed by atoms with Gasteiger partial charge in [-0.25, -0.2) is 0 Å². The van der Waals surface area contributed by atoms with Crippen molar-refractivity contribution in [3.05, 3.63) is 35.9 Å². The maximum absolute atomic E-state index is 5.96. The van der Waals surface area contributed by atoms with Crippen molar-refractivity contribution in [1.82, 2.24) is 10.2 Å². The Labute approximate surface area is 158 Å². The Morgan fingerprint density at radius 1 is 1.17 bits per heavy atom. The summed E-state index contributed by atoms with van der Waals surface area (Å²) in [5.41, 5.74) is 7.31. The minimum Gasteiger partial charge on any atom is -0.370 e. The lowest BCUT2D eigenvalue weighted by molar-refractivity contribution is 0.220. The van der Waals surface area contributed by atoms with Gasteiger partial charge in [0.05, 0.1) is 6.54 Å². The van der Waals surface area contributed by atoms with Crippen molar-refractivity contribution in [3.8, 4) is 0 Å². The number of nitrogens with zero attached hydrogens (tertiary/aromatic N) is 2. The summed E-state index contributed by atoms with van der Waals surface area (Å²) in [7, 11) is 0. The normalized spacial score (nSPS) is 12.8. The van der Waals surface area contributed by atoms with Crippen molar-refractivity contribution in [2.45, 2.75) is 46.1 Å². The molecular formula is C18H33IN4. The smallest absolute Gasteiger partial charge is 0.188 e. The Hall–Kier alpha value is -0.820. The zero-order chi connectivity index (χ0) is 16.2. The number of unbranched alkanes of at least 4 members (excludes halogenated alkanes) is 1. The molecule has 0 aliphatic carbocycles. The van der Waals surface area contributed by atoms with Crippen molar-refractivity contribution in [2.24, 2.45) is 10.7 Å². The highest BCUT2D eigenvalue weighted by atomic mass is 127. The molecule has 0 saturated carbocycles.